The molecular formula is C8H8BrF2NO. The Labute approximate surface area is 82.8 Å². The van der Waals surface area contributed by atoms with E-state index in [0.29, 0.717) is 0 Å². The van der Waals surface area contributed by atoms with Crippen molar-refractivity contribution in [1.82, 2.24) is 0 Å². The molecule has 2 nitrogen and oxygen atoms in total. The Morgan fingerprint density at radius 3 is 2.77 bits per heavy atom. The maximum atomic E-state index is 12.9. The molecular weight excluding hydrogens is 244 g/mol. The minimum atomic E-state index is -0.628. The molecule has 0 radical (unpaired) electrons. The summed E-state index contributed by atoms with van der Waals surface area (Å²) in [7, 11) is 0. The molecule has 13 heavy (non-hydrogen) atoms. The topological polar surface area (TPSA) is 35.2 Å². The monoisotopic (exact) mass is 251 g/mol. The van der Waals surface area contributed by atoms with Crippen LogP contribution in [0.15, 0.2) is 16.6 Å². The lowest BCUT2D eigenvalue weighted by Crippen LogP contribution is -2.02. The van der Waals surface area contributed by atoms with Gasteiger partial charge in [0.2, 0.25) is 0 Å². The van der Waals surface area contributed by atoms with E-state index in [9.17, 15) is 8.78 Å². The largest absolute Gasteiger partial charge is 0.489 e. The SMILES string of the molecule is Nc1cc(Br)c(F)cc1OCCF. The number of hydrogen-bond donors (Lipinski definition) is 1. The molecule has 0 saturated heterocycles. The number of rotatable bonds is 3. The number of alkyl halides is 1. The van der Waals surface area contributed by atoms with Crippen LogP contribution in [0.4, 0.5) is 14.5 Å². The summed E-state index contributed by atoms with van der Waals surface area (Å²) >= 11 is 2.96. The first-order valence-corrected chi connectivity index (χ1v) is 4.37. The van der Waals surface area contributed by atoms with Crippen molar-refractivity contribution < 1.29 is 13.5 Å². The molecule has 0 spiro atoms. The summed E-state index contributed by atoms with van der Waals surface area (Å²) < 4.78 is 29.8. The lowest BCUT2D eigenvalue weighted by Gasteiger charge is -2.07. The number of nitrogen functional groups attached to an aromatic ring is 1. The maximum Gasteiger partial charge on any atom is 0.145 e. The zero-order valence-corrected chi connectivity index (χ0v) is 8.27. The highest BCUT2D eigenvalue weighted by Crippen LogP contribution is 2.28. The summed E-state index contributed by atoms with van der Waals surface area (Å²) in [4.78, 5) is 0. The van der Waals surface area contributed by atoms with Crippen LogP contribution in [0.3, 0.4) is 0 Å². The second-order valence-corrected chi connectivity index (χ2v) is 3.20. The Bertz CT molecular complexity index is 306. The first kappa shape index (κ1) is 10.2. The maximum absolute atomic E-state index is 12.9. The lowest BCUT2D eigenvalue weighted by molar-refractivity contribution is 0.273. The van der Waals surface area contributed by atoms with E-state index < -0.39 is 12.5 Å². The predicted octanol–water partition coefficient (Wildman–Crippen LogP) is 2.52. The van der Waals surface area contributed by atoms with Crippen molar-refractivity contribution in [3.63, 3.8) is 0 Å². The zero-order chi connectivity index (χ0) is 9.84. The van der Waals surface area contributed by atoms with Crippen LogP contribution in [-0.4, -0.2) is 13.3 Å². The van der Waals surface area contributed by atoms with Gasteiger partial charge in [0, 0.05) is 6.07 Å². The Morgan fingerprint density at radius 1 is 1.46 bits per heavy atom. The van der Waals surface area contributed by atoms with Crippen LogP contribution < -0.4 is 10.5 Å². The number of hydrogen-bond acceptors (Lipinski definition) is 2. The first-order valence-electron chi connectivity index (χ1n) is 3.58. The van der Waals surface area contributed by atoms with Gasteiger partial charge >= 0.3 is 0 Å². The molecule has 0 aromatic heterocycles. The van der Waals surface area contributed by atoms with Crippen molar-refractivity contribution in [3.8, 4) is 5.75 Å². The molecule has 72 valence electrons. The standard InChI is InChI=1S/C8H8BrF2NO/c9-5-3-7(12)8(4-6(5)11)13-2-1-10/h3-4H,1-2,12H2. The molecule has 5 heteroatoms. The van der Waals surface area contributed by atoms with Crippen LogP contribution >= 0.6 is 15.9 Å². The average molecular weight is 252 g/mol. The van der Waals surface area contributed by atoms with E-state index in [1.165, 1.54) is 6.07 Å². The predicted molar refractivity (Wildman–Crippen MR) is 50.0 cm³/mol. The summed E-state index contributed by atoms with van der Waals surface area (Å²) in [5.74, 6) is -0.318. The van der Waals surface area contributed by atoms with Crippen LogP contribution in [0.25, 0.3) is 0 Å². The van der Waals surface area contributed by atoms with Gasteiger partial charge in [0.25, 0.3) is 0 Å². The first-order chi connectivity index (χ1) is 6.15. The van der Waals surface area contributed by atoms with E-state index in [4.69, 9.17) is 10.5 Å². The number of benzene rings is 1. The third-order valence-corrected chi connectivity index (χ3v) is 2.00. The van der Waals surface area contributed by atoms with Crippen LogP contribution in [0.2, 0.25) is 0 Å². The Kier molecular flexibility index (Phi) is 3.48. The molecule has 0 bridgehead atoms. The smallest absolute Gasteiger partial charge is 0.145 e. The minimum Gasteiger partial charge on any atom is -0.489 e. The normalized spacial score (nSPS) is 10.1. The summed E-state index contributed by atoms with van der Waals surface area (Å²) in [6.45, 7) is -0.748. The summed E-state index contributed by atoms with van der Waals surface area (Å²) in [5.41, 5.74) is 5.77. The molecule has 1 aromatic carbocycles. The van der Waals surface area contributed by atoms with Gasteiger partial charge in [0.15, 0.2) is 0 Å². The van der Waals surface area contributed by atoms with E-state index >= 15 is 0 Å². The molecule has 0 unspecified atom stereocenters. The number of halogens is 3. The molecule has 0 aliphatic carbocycles. The Balaban J connectivity index is 2.88. The quantitative estimate of drug-likeness (QED) is 0.839. The van der Waals surface area contributed by atoms with Crippen LogP contribution in [0.5, 0.6) is 5.75 Å². The van der Waals surface area contributed by atoms with Gasteiger partial charge < -0.3 is 10.5 Å². The molecule has 1 rings (SSSR count). The highest BCUT2D eigenvalue weighted by molar-refractivity contribution is 9.10. The average Bonchev–Trinajstić information content (AvgIpc) is 2.09. The van der Waals surface area contributed by atoms with E-state index in [2.05, 4.69) is 15.9 Å². The molecule has 0 amide bonds. The fraction of sp³-hybridized carbons (Fsp3) is 0.250. The van der Waals surface area contributed by atoms with Gasteiger partial charge in [0.1, 0.15) is 24.8 Å². The van der Waals surface area contributed by atoms with Gasteiger partial charge in [-0.1, -0.05) is 0 Å². The van der Waals surface area contributed by atoms with Gasteiger partial charge in [-0.15, -0.1) is 0 Å². The van der Waals surface area contributed by atoms with E-state index in [0.717, 1.165) is 6.07 Å². The Hall–Kier alpha value is -0.840. The van der Waals surface area contributed by atoms with Crippen LogP contribution in [0, 0.1) is 5.82 Å². The van der Waals surface area contributed by atoms with Crippen molar-refractivity contribution >= 4 is 21.6 Å². The molecule has 0 heterocycles. The fourth-order valence-corrected chi connectivity index (χ4v) is 1.18. The number of nitrogens with two attached hydrogens (primary N) is 1. The molecule has 1 aromatic rings. The molecule has 0 saturated carbocycles. The number of ether oxygens (including phenoxy) is 1. The molecule has 0 fully saturated rings. The van der Waals surface area contributed by atoms with Crippen LogP contribution in [-0.2, 0) is 0 Å². The second kappa shape index (κ2) is 4.41. The van der Waals surface area contributed by atoms with Crippen LogP contribution in [0.1, 0.15) is 0 Å². The third kappa shape index (κ3) is 2.55. The van der Waals surface area contributed by atoms with E-state index in [-0.39, 0.29) is 22.5 Å². The fourth-order valence-electron chi connectivity index (χ4n) is 0.818. The molecule has 2 N–H and O–H groups in total. The third-order valence-electron chi connectivity index (χ3n) is 1.39. The van der Waals surface area contributed by atoms with Crippen molar-refractivity contribution in [3.05, 3.63) is 22.4 Å². The second-order valence-electron chi connectivity index (χ2n) is 2.34. The summed E-state index contributed by atoms with van der Waals surface area (Å²) in [5, 5.41) is 0. The lowest BCUT2D eigenvalue weighted by atomic mass is 10.3. The van der Waals surface area contributed by atoms with Gasteiger partial charge in [-0.05, 0) is 22.0 Å². The number of anilines is 1. The van der Waals surface area contributed by atoms with Crippen molar-refractivity contribution in [1.29, 1.82) is 0 Å². The zero-order valence-electron chi connectivity index (χ0n) is 6.69. The molecule has 0 aliphatic heterocycles. The van der Waals surface area contributed by atoms with Gasteiger partial charge in [-0.25, -0.2) is 8.78 Å². The summed E-state index contributed by atoms with van der Waals surface area (Å²) in [6.07, 6.45) is 0. The van der Waals surface area contributed by atoms with Gasteiger partial charge in [0.05, 0.1) is 10.2 Å². The van der Waals surface area contributed by atoms with Crippen molar-refractivity contribution in [2.45, 2.75) is 0 Å². The Morgan fingerprint density at radius 2 is 2.15 bits per heavy atom. The van der Waals surface area contributed by atoms with Crippen molar-refractivity contribution in [2.24, 2.45) is 0 Å². The van der Waals surface area contributed by atoms with E-state index in [1.54, 1.807) is 0 Å². The molecule has 0 atom stereocenters. The van der Waals surface area contributed by atoms with Gasteiger partial charge in [-0.2, -0.15) is 0 Å². The highest BCUT2D eigenvalue weighted by Gasteiger charge is 2.06. The van der Waals surface area contributed by atoms with E-state index in [1.807, 2.05) is 0 Å². The highest BCUT2D eigenvalue weighted by atomic mass is 79.9. The minimum absolute atomic E-state index is 0.120. The molecule has 0 aliphatic rings. The summed E-state index contributed by atoms with van der Waals surface area (Å²) in [6, 6.07) is 2.50. The van der Waals surface area contributed by atoms with Gasteiger partial charge in [-0.3, -0.25) is 0 Å². The van der Waals surface area contributed by atoms with Crippen molar-refractivity contribution in [2.75, 3.05) is 19.0 Å².